The van der Waals surface area contributed by atoms with E-state index in [2.05, 4.69) is 10.2 Å². The number of hydrogen-bond acceptors (Lipinski definition) is 6. The van der Waals surface area contributed by atoms with E-state index in [4.69, 9.17) is 9.47 Å². The summed E-state index contributed by atoms with van der Waals surface area (Å²) in [6.07, 6.45) is 1.59. The predicted molar refractivity (Wildman–Crippen MR) is 79.7 cm³/mol. The van der Waals surface area contributed by atoms with Gasteiger partial charge in [-0.25, -0.2) is 0 Å². The Hall–Kier alpha value is -2.02. The molecule has 21 heavy (non-hydrogen) atoms. The fourth-order valence-electron chi connectivity index (χ4n) is 1.64. The highest BCUT2D eigenvalue weighted by molar-refractivity contribution is 8.00. The van der Waals surface area contributed by atoms with E-state index in [9.17, 15) is 4.79 Å². The van der Waals surface area contributed by atoms with Gasteiger partial charge in [-0.3, -0.25) is 4.79 Å². The van der Waals surface area contributed by atoms with Crippen molar-refractivity contribution in [2.45, 2.75) is 24.3 Å². The molecule has 0 aliphatic heterocycles. The average Bonchev–Trinajstić information content (AvgIpc) is 2.86. The second-order valence-corrected chi connectivity index (χ2v) is 5.87. The van der Waals surface area contributed by atoms with Crippen molar-refractivity contribution >= 4 is 17.7 Å². The second-order valence-electron chi connectivity index (χ2n) is 4.56. The molecule has 0 aliphatic carbocycles. The van der Waals surface area contributed by atoms with Crippen molar-refractivity contribution in [2.75, 3.05) is 7.11 Å². The van der Waals surface area contributed by atoms with E-state index in [1.54, 1.807) is 31.0 Å². The van der Waals surface area contributed by atoms with Gasteiger partial charge < -0.3 is 14.0 Å². The number of aryl methyl sites for hydroxylation is 2. The van der Waals surface area contributed by atoms with Gasteiger partial charge in [0.1, 0.15) is 11.6 Å². The number of methoxy groups -OCH3 is 1. The van der Waals surface area contributed by atoms with Crippen LogP contribution in [0.4, 0.5) is 0 Å². The molecule has 2 rings (SSSR count). The van der Waals surface area contributed by atoms with Crippen molar-refractivity contribution in [1.29, 1.82) is 0 Å². The summed E-state index contributed by atoms with van der Waals surface area (Å²) < 4.78 is 12.4. The van der Waals surface area contributed by atoms with Crippen LogP contribution in [0, 0.1) is 6.92 Å². The molecule has 0 amide bonds. The molecular formula is C14H17N3O3S. The van der Waals surface area contributed by atoms with Crippen molar-refractivity contribution in [3.8, 4) is 11.5 Å². The Labute approximate surface area is 127 Å². The molecule has 6 nitrogen and oxygen atoms in total. The Kier molecular flexibility index (Phi) is 4.85. The molecule has 112 valence electrons. The van der Waals surface area contributed by atoms with Gasteiger partial charge in [0.15, 0.2) is 16.7 Å². The topological polar surface area (TPSA) is 66.2 Å². The fourth-order valence-corrected chi connectivity index (χ4v) is 2.40. The number of thioether (sulfide) groups is 1. The van der Waals surface area contributed by atoms with Gasteiger partial charge in [-0.2, -0.15) is 0 Å². The zero-order chi connectivity index (χ0) is 15.4. The molecule has 0 radical (unpaired) electrons. The Morgan fingerprint density at radius 2 is 2.14 bits per heavy atom. The first kappa shape index (κ1) is 15.4. The SMILES string of the molecule is COc1cc(C)ccc1OC(=O)C(C)Sc1nncn1C. The molecule has 0 saturated heterocycles. The zero-order valence-corrected chi connectivity index (χ0v) is 13.2. The van der Waals surface area contributed by atoms with Crippen LogP contribution in [0.2, 0.25) is 0 Å². The number of nitrogens with zero attached hydrogens (tertiary/aromatic N) is 3. The first-order valence-corrected chi connectivity index (χ1v) is 7.26. The highest BCUT2D eigenvalue weighted by atomic mass is 32.2. The van der Waals surface area contributed by atoms with Crippen LogP contribution in [0.15, 0.2) is 29.7 Å². The normalized spacial score (nSPS) is 12.0. The first-order valence-electron chi connectivity index (χ1n) is 6.38. The van der Waals surface area contributed by atoms with Gasteiger partial charge in [-0.05, 0) is 31.5 Å². The van der Waals surface area contributed by atoms with Gasteiger partial charge in [-0.1, -0.05) is 17.8 Å². The van der Waals surface area contributed by atoms with E-state index < -0.39 is 5.25 Å². The monoisotopic (exact) mass is 307 g/mol. The van der Waals surface area contributed by atoms with E-state index in [1.807, 2.05) is 26.1 Å². The largest absolute Gasteiger partial charge is 0.493 e. The maximum Gasteiger partial charge on any atom is 0.324 e. The molecule has 2 aromatic rings. The summed E-state index contributed by atoms with van der Waals surface area (Å²) in [5.41, 5.74) is 1.04. The highest BCUT2D eigenvalue weighted by Crippen LogP contribution is 2.29. The lowest BCUT2D eigenvalue weighted by atomic mass is 10.2. The summed E-state index contributed by atoms with van der Waals surface area (Å²) in [5.74, 6) is 0.600. The van der Waals surface area contributed by atoms with E-state index in [0.717, 1.165) is 5.56 Å². The number of benzene rings is 1. The van der Waals surface area contributed by atoms with Crippen molar-refractivity contribution < 1.29 is 14.3 Å². The van der Waals surface area contributed by atoms with Crippen LogP contribution in [0.25, 0.3) is 0 Å². The first-order chi connectivity index (χ1) is 10.0. The number of aromatic nitrogens is 3. The number of ether oxygens (including phenoxy) is 2. The molecule has 1 heterocycles. The Morgan fingerprint density at radius 3 is 2.76 bits per heavy atom. The van der Waals surface area contributed by atoms with Crippen LogP contribution in [-0.2, 0) is 11.8 Å². The quantitative estimate of drug-likeness (QED) is 0.479. The minimum atomic E-state index is -0.404. The summed E-state index contributed by atoms with van der Waals surface area (Å²) in [5, 5.41) is 7.97. The van der Waals surface area contributed by atoms with Crippen LogP contribution >= 0.6 is 11.8 Å². The van der Waals surface area contributed by atoms with Gasteiger partial charge in [-0.15, -0.1) is 10.2 Å². The third-order valence-corrected chi connectivity index (χ3v) is 3.94. The molecule has 0 N–H and O–H groups in total. The minimum Gasteiger partial charge on any atom is -0.493 e. The zero-order valence-electron chi connectivity index (χ0n) is 12.4. The molecule has 1 aromatic heterocycles. The van der Waals surface area contributed by atoms with Gasteiger partial charge in [0.25, 0.3) is 0 Å². The van der Waals surface area contributed by atoms with E-state index in [0.29, 0.717) is 16.7 Å². The number of esters is 1. The molecule has 1 aromatic carbocycles. The lowest BCUT2D eigenvalue weighted by molar-refractivity contribution is -0.133. The summed E-state index contributed by atoms with van der Waals surface area (Å²) in [6.45, 7) is 3.71. The summed E-state index contributed by atoms with van der Waals surface area (Å²) in [7, 11) is 3.37. The molecule has 0 bridgehead atoms. The Balaban J connectivity index is 2.05. The van der Waals surface area contributed by atoms with Crippen LogP contribution < -0.4 is 9.47 Å². The molecule has 1 unspecified atom stereocenters. The van der Waals surface area contributed by atoms with Crippen LogP contribution in [0.5, 0.6) is 11.5 Å². The third-order valence-electron chi connectivity index (χ3n) is 2.81. The maximum atomic E-state index is 12.1. The summed E-state index contributed by atoms with van der Waals surface area (Å²) in [6, 6.07) is 5.42. The molecule has 7 heteroatoms. The molecular weight excluding hydrogens is 290 g/mol. The average molecular weight is 307 g/mol. The molecule has 1 atom stereocenters. The van der Waals surface area contributed by atoms with Gasteiger partial charge in [0.2, 0.25) is 0 Å². The lowest BCUT2D eigenvalue weighted by Crippen LogP contribution is -2.20. The molecule has 0 fully saturated rings. The van der Waals surface area contributed by atoms with Crippen molar-refractivity contribution in [3.63, 3.8) is 0 Å². The molecule has 0 aliphatic rings. The number of hydrogen-bond donors (Lipinski definition) is 0. The second kappa shape index (κ2) is 6.62. The van der Waals surface area contributed by atoms with Crippen LogP contribution in [0.3, 0.4) is 0 Å². The van der Waals surface area contributed by atoms with E-state index >= 15 is 0 Å². The van der Waals surface area contributed by atoms with Crippen molar-refractivity contribution in [2.24, 2.45) is 7.05 Å². The van der Waals surface area contributed by atoms with E-state index in [1.165, 1.54) is 11.8 Å². The van der Waals surface area contributed by atoms with Crippen LogP contribution in [-0.4, -0.2) is 33.1 Å². The number of carbonyl (C=O) groups excluding carboxylic acids is 1. The van der Waals surface area contributed by atoms with Gasteiger partial charge in [0, 0.05) is 7.05 Å². The summed E-state index contributed by atoms with van der Waals surface area (Å²) >= 11 is 1.29. The number of carbonyl (C=O) groups is 1. The fraction of sp³-hybridized carbons (Fsp3) is 0.357. The van der Waals surface area contributed by atoms with Gasteiger partial charge in [0.05, 0.1) is 7.11 Å². The van der Waals surface area contributed by atoms with Crippen LogP contribution in [0.1, 0.15) is 12.5 Å². The highest BCUT2D eigenvalue weighted by Gasteiger charge is 2.20. The molecule has 0 spiro atoms. The van der Waals surface area contributed by atoms with Crippen molar-refractivity contribution in [3.05, 3.63) is 30.1 Å². The number of rotatable bonds is 5. The maximum absolute atomic E-state index is 12.1. The Morgan fingerprint density at radius 1 is 1.38 bits per heavy atom. The standard InChI is InChI=1S/C14H17N3O3S/c1-9-5-6-11(12(7-9)19-4)20-13(18)10(2)21-14-16-15-8-17(14)3/h5-8,10H,1-4H3. The van der Waals surface area contributed by atoms with E-state index in [-0.39, 0.29) is 5.97 Å². The molecule has 0 saturated carbocycles. The minimum absolute atomic E-state index is 0.356. The van der Waals surface area contributed by atoms with Crippen molar-refractivity contribution in [1.82, 2.24) is 14.8 Å². The lowest BCUT2D eigenvalue weighted by Gasteiger charge is -2.13. The summed E-state index contributed by atoms with van der Waals surface area (Å²) in [4.78, 5) is 12.1. The predicted octanol–water partition coefficient (Wildman–Crippen LogP) is 2.22. The smallest absolute Gasteiger partial charge is 0.324 e. The van der Waals surface area contributed by atoms with Gasteiger partial charge >= 0.3 is 5.97 Å². The third kappa shape index (κ3) is 3.75. The Bertz CT molecular complexity index is 642.